The van der Waals surface area contributed by atoms with E-state index in [0.717, 1.165) is 31.5 Å². The summed E-state index contributed by atoms with van der Waals surface area (Å²) in [6, 6.07) is 5.16. The van der Waals surface area contributed by atoms with Crippen molar-refractivity contribution in [2.24, 2.45) is 0 Å². The van der Waals surface area contributed by atoms with Gasteiger partial charge in [-0.2, -0.15) is 4.31 Å². The van der Waals surface area contributed by atoms with Crippen molar-refractivity contribution in [3.63, 3.8) is 0 Å². The Balaban J connectivity index is 2.17. The molecule has 1 amide bonds. The monoisotopic (exact) mass is 381 g/mol. The van der Waals surface area contributed by atoms with Crippen molar-refractivity contribution in [2.75, 3.05) is 32.7 Å². The van der Waals surface area contributed by atoms with Crippen LogP contribution in [-0.2, 0) is 10.0 Å². The van der Waals surface area contributed by atoms with Crippen LogP contribution in [0.3, 0.4) is 0 Å². The lowest BCUT2D eigenvalue weighted by atomic mass is 10.1. The van der Waals surface area contributed by atoms with Gasteiger partial charge in [0.25, 0.3) is 5.91 Å². The highest BCUT2D eigenvalue weighted by atomic mass is 32.2. The zero-order valence-electron chi connectivity index (χ0n) is 16.3. The highest BCUT2D eigenvalue weighted by Crippen LogP contribution is 2.20. The number of benzene rings is 1. The quantitative estimate of drug-likeness (QED) is 0.750. The third kappa shape index (κ3) is 4.45. The summed E-state index contributed by atoms with van der Waals surface area (Å²) >= 11 is 0. The molecule has 1 aliphatic heterocycles. The van der Waals surface area contributed by atoms with Gasteiger partial charge in [-0.05, 0) is 50.6 Å². The van der Waals surface area contributed by atoms with Gasteiger partial charge in [0.2, 0.25) is 10.0 Å². The van der Waals surface area contributed by atoms with Crippen LogP contribution in [0.1, 0.15) is 49.5 Å². The van der Waals surface area contributed by atoms with Crippen LogP contribution in [-0.4, -0.2) is 62.3 Å². The average Bonchev–Trinajstić information content (AvgIpc) is 3.08. The summed E-state index contributed by atoms with van der Waals surface area (Å²) in [6.45, 7) is 11.0. The van der Waals surface area contributed by atoms with Crippen LogP contribution < -0.4 is 5.32 Å². The standard InChI is InChI=1S/C19H31N3O3S/c1-5-21-12-8-9-16(21)14-20-19(23)18-13-17(11-10-15(18)4)26(24,25)22(6-2)7-3/h10-11,13,16H,5-9,12,14H2,1-4H3,(H,20,23). The molecule has 2 rings (SSSR count). The first-order valence-corrected chi connectivity index (χ1v) is 10.9. The van der Waals surface area contributed by atoms with E-state index in [0.29, 0.717) is 31.2 Å². The van der Waals surface area contributed by atoms with E-state index < -0.39 is 10.0 Å². The number of likely N-dealkylation sites (tertiary alicyclic amines) is 1. The minimum absolute atomic E-state index is 0.174. The first kappa shape index (κ1) is 20.9. The predicted molar refractivity (Wildman–Crippen MR) is 104 cm³/mol. The third-order valence-corrected chi connectivity index (χ3v) is 7.25. The normalized spacial score (nSPS) is 18.4. The van der Waals surface area contributed by atoms with E-state index in [1.54, 1.807) is 12.1 Å². The van der Waals surface area contributed by atoms with Crippen molar-refractivity contribution in [1.82, 2.24) is 14.5 Å². The Kier molecular flexibility index (Phi) is 7.20. The summed E-state index contributed by atoms with van der Waals surface area (Å²) in [5.41, 5.74) is 1.21. The fourth-order valence-electron chi connectivity index (χ4n) is 3.57. The zero-order valence-corrected chi connectivity index (χ0v) is 17.1. The Labute approximate surface area is 157 Å². The number of sulfonamides is 1. The van der Waals surface area contributed by atoms with Crippen LogP contribution in [0.25, 0.3) is 0 Å². The summed E-state index contributed by atoms with van der Waals surface area (Å²) in [5, 5.41) is 2.99. The molecule has 1 unspecified atom stereocenters. The largest absolute Gasteiger partial charge is 0.350 e. The molecule has 1 aliphatic rings. The minimum Gasteiger partial charge on any atom is -0.350 e. The number of hydrogen-bond acceptors (Lipinski definition) is 4. The van der Waals surface area contributed by atoms with Gasteiger partial charge in [-0.25, -0.2) is 8.42 Å². The molecule has 0 bridgehead atoms. The molecule has 7 heteroatoms. The molecule has 6 nitrogen and oxygen atoms in total. The van der Waals surface area contributed by atoms with Crippen molar-refractivity contribution in [1.29, 1.82) is 0 Å². The van der Waals surface area contributed by atoms with Gasteiger partial charge >= 0.3 is 0 Å². The number of aryl methyl sites for hydroxylation is 1. The number of likely N-dealkylation sites (N-methyl/N-ethyl adjacent to an activating group) is 1. The molecule has 0 aromatic heterocycles. The van der Waals surface area contributed by atoms with Gasteiger partial charge in [0.15, 0.2) is 0 Å². The summed E-state index contributed by atoms with van der Waals surface area (Å²) in [7, 11) is -3.57. The summed E-state index contributed by atoms with van der Waals surface area (Å²) in [5.74, 6) is -0.206. The number of nitrogens with one attached hydrogen (secondary N) is 1. The highest BCUT2D eigenvalue weighted by molar-refractivity contribution is 7.89. The van der Waals surface area contributed by atoms with Crippen molar-refractivity contribution in [3.05, 3.63) is 29.3 Å². The van der Waals surface area contributed by atoms with Crippen molar-refractivity contribution in [2.45, 2.75) is 51.5 Å². The van der Waals surface area contributed by atoms with Gasteiger partial charge in [0.1, 0.15) is 0 Å². The topological polar surface area (TPSA) is 69.7 Å². The van der Waals surface area contributed by atoms with E-state index in [2.05, 4.69) is 17.1 Å². The van der Waals surface area contributed by atoms with Gasteiger partial charge in [0, 0.05) is 31.2 Å². The average molecular weight is 382 g/mol. The third-order valence-electron chi connectivity index (χ3n) is 5.20. The smallest absolute Gasteiger partial charge is 0.251 e. The zero-order chi connectivity index (χ0) is 19.3. The molecule has 26 heavy (non-hydrogen) atoms. The van der Waals surface area contributed by atoms with Crippen molar-refractivity contribution < 1.29 is 13.2 Å². The van der Waals surface area contributed by atoms with E-state index in [1.807, 2.05) is 20.8 Å². The first-order valence-electron chi connectivity index (χ1n) is 9.48. The molecule has 146 valence electrons. The lowest BCUT2D eigenvalue weighted by Gasteiger charge is -2.23. The number of nitrogens with zero attached hydrogens (tertiary/aromatic N) is 2. The van der Waals surface area contributed by atoms with Crippen LogP contribution in [0.5, 0.6) is 0 Å². The fraction of sp³-hybridized carbons (Fsp3) is 0.632. The highest BCUT2D eigenvalue weighted by Gasteiger charge is 2.25. The maximum atomic E-state index is 12.7. The summed E-state index contributed by atoms with van der Waals surface area (Å²) < 4.78 is 26.8. The van der Waals surface area contributed by atoms with Crippen molar-refractivity contribution in [3.8, 4) is 0 Å². The summed E-state index contributed by atoms with van der Waals surface area (Å²) in [4.78, 5) is 15.2. The maximum absolute atomic E-state index is 12.7. The van der Waals surface area contributed by atoms with Crippen LogP contribution in [0.15, 0.2) is 23.1 Å². The SMILES string of the molecule is CCN1CCCC1CNC(=O)c1cc(S(=O)(=O)N(CC)CC)ccc1C. The molecule has 1 fully saturated rings. The van der Waals surface area contributed by atoms with Gasteiger partial charge in [-0.15, -0.1) is 0 Å². The molecular weight excluding hydrogens is 350 g/mol. The Morgan fingerprint density at radius 3 is 2.58 bits per heavy atom. The number of carbonyl (C=O) groups is 1. The molecule has 1 N–H and O–H groups in total. The van der Waals surface area contributed by atoms with Crippen LogP contribution in [0.2, 0.25) is 0 Å². The molecule has 0 saturated carbocycles. The van der Waals surface area contributed by atoms with Crippen molar-refractivity contribution >= 4 is 15.9 Å². The Morgan fingerprint density at radius 1 is 1.27 bits per heavy atom. The number of amides is 1. The second-order valence-corrected chi connectivity index (χ2v) is 8.64. The van der Waals surface area contributed by atoms with Crippen LogP contribution in [0, 0.1) is 6.92 Å². The Hall–Kier alpha value is -1.44. The lowest BCUT2D eigenvalue weighted by Crippen LogP contribution is -2.40. The van der Waals surface area contributed by atoms with Crippen LogP contribution >= 0.6 is 0 Å². The number of hydrogen-bond donors (Lipinski definition) is 1. The van der Waals surface area contributed by atoms with Gasteiger partial charge in [-0.1, -0.05) is 26.8 Å². The Morgan fingerprint density at radius 2 is 1.96 bits per heavy atom. The number of carbonyl (C=O) groups excluding carboxylic acids is 1. The van der Waals surface area contributed by atoms with E-state index in [1.165, 1.54) is 10.4 Å². The molecule has 0 aliphatic carbocycles. The number of rotatable bonds is 8. The Bertz CT molecular complexity index is 730. The van der Waals surface area contributed by atoms with Gasteiger partial charge in [0.05, 0.1) is 4.90 Å². The molecule has 0 spiro atoms. The predicted octanol–water partition coefficient (Wildman–Crippen LogP) is 2.24. The molecule has 1 heterocycles. The second-order valence-electron chi connectivity index (χ2n) is 6.70. The van der Waals surface area contributed by atoms with E-state index >= 15 is 0 Å². The molecule has 1 aromatic rings. The molecule has 1 saturated heterocycles. The van der Waals surface area contributed by atoms with E-state index in [9.17, 15) is 13.2 Å². The molecule has 0 radical (unpaired) electrons. The van der Waals surface area contributed by atoms with Crippen LogP contribution in [0.4, 0.5) is 0 Å². The molecule has 1 atom stereocenters. The minimum atomic E-state index is -3.57. The summed E-state index contributed by atoms with van der Waals surface area (Å²) in [6.07, 6.45) is 2.24. The first-order chi connectivity index (χ1) is 12.3. The van der Waals surface area contributed by atoms with Gasteiger partial charge in [-0.3, -0.25) is 9.69 Å². The molecule has 1 aromatic carbocycles. The van der Waals surface area contributed by atoms with E-state index in [4.69, 9.17) is 0 Å². The lowest BCUT2D eigenvalue weighted by molar-refractivity contribution is 0.0940. The second kappa shape index (κ2) is 8.97. The maximum Gasteiger partial charge on any atom is 0.251 e. The molecular formula is C19H31N3O3S. The van der Waals surface area contributed by atoms with Gasteiger partial charge < -0.3 is 5.32 Å². The van der Waals surface area contributed by atoms with E-state index in [-0.39, 0.29) is 10.8 Å². The fourth-order valence-corrected chi connectivity index (χ4v) is 5.05.